The van der Waals surface area contributed by atoms with Crippen LogP contribution in [0.15, 0.2) is 30.3 Å². The van der Waals surface area contributed by atoms with Crippen molar-refractivity contribution in [2.24, 2.45) is 5.73 Å². The molecule has 102 valence electrons. The molecule has 2 nitrogen and oxygen atoms in total. The van der Waals surface area contributed by atoms with Crippen LogP contribution in [0.25, 0.3) is 10.4 Å². The molecule has 1 heterocycles. The van der Waals surface area contributed by atoms with Gasteiger partial charge in [-0.1, -0.05) is 18.5 Å². The van der Waals surface area contributed by atoms with E-state index in [4.69, 9.17) is 22.1 Å². The Labute approximate surface area is 123 Å². The molecule has 0 bridgehead atoms. The average molecular weight is 296 g/mol. The first-order valence-electron chi connectivity index (χ1n) is 6.29. The first-order valence-corrected chi connectivity index (χ1v) is 7.49. The number of hydrogen-bond donors (Lipinski definition) is 1. The molecular weight excluding hydrogens is 278 g/mol. The highest BCUT2D eigenvalue weighted by Crippen LogP contribution is 2.38. The number of benzene rings is 1. The van der Waals surface area contributed by atoms with E-state index in [-0.39, 0.29) is 0 Å². The van der Waals surface area contributed by atoms with Gasteiger partial charge in [-0.25, -0.2) is 0 Å². The summed E-state index contributed by atoms with van der Waals surface area (Å²) in [5, 5.41) is 0.723. The minimum Gasteiger partial charge on any atom is -0.496 e. The minimum absolute atomic E-state index is 0.494. The molecule has 2 rings (SSSR count). The van der Waals surface area contributed by atoms with Crippen molar-refractivity contribution in [3.05, 3.63) is 40.2 Å². The van der Waals surface area contributed by atoms with Crippen LogP contribution in [0.2, 0.25) is 5.02 Å². The van der Waals surface area contributed by atoms with Gasteiger partial charge in [0, 0.05) is 20.3 Å². The lowest BCUT2D eigenvalue weighted by Gasteiger charge is -2.08. The summed E-state index contributed by atoms with van der Waals surface area (Å²) in [4.78, 5) is 2.53. The SMILES string of the molecule is COc1ccc(Cl)cc1-c1ccc(C(C)CCN)s1. The molecule has 1 aromatic carbocycles. The summed E-state index contributed by atoms with van der Waals surface area (Å²) in [7, 11) is 1.68. The molecule has 0 saturated carbocycles. The van der Waals surface area contributed by atoms with Crippen molar-refractivity contribution in [3.63, 3.8) is 0 Å². The maximum absolute atomic E-state index is 6.08. The predicted molar refractivity (Wildman–Crippen MR) is 83.4 cm³/mol. The number of ether oxygens (including phenoxy) is 1. The molecule has 0 radical (unpaired) electrons. The number of methoxy groups -OCH3 is 1. The Morgan fingerprint density at radius 3 is 2.79 bits per heavy atom. The van der Waals surface area contributed by atoms with Gasteiger partial charge in [-0.15, -0.1) is 11.3 Å². The Bertz CT molecular complexity index is 553. The Kier molecular flexibility index (Phi) is 4.86. The molecule has 1 unspecified atom stereocenters. The molecule has 0 saturated heterocycles. The fourth-order valence-corrected chi connectivity index (χ4v) is 3.31. The van der Waals surface area contributed by atoms with Crippen LogP contribution < -0.4 is 10.5 Å². The van der Waals surface area contributed by atoms with Gasteiger partial charge < -0.3 is 10.5 Å². The smallest absolute Gasteiger partial charge is 0.127 e. The molecule has 19 heavy (non-hydrogen) atoms. The van der Waals surface area contributed by atoms with Gasteiger partial charge in [-0.3, -0.25) is 0 Å². The number of halogens is 1. The van der Waals surface area contributed by atoms with Gasteiger partial charge in [0.1, 0.15) is 5.75 Å². The van der Waals surface area contributed by atoms with Crippen molar-refractivity contribution in [1.29, 1.82) is 0 Å². The monoisotopic (exact) mass is 295 g/mol. The van der Waals surface area contributed by atoms with Gasteiger partial charge in [0.2, 0.25) is 0 Å². The molecule has 4 heteroatoms. The highest BCUT2D eigenvalue weighted by atomic mass is 35.5. The summed E-state index contributed by atoms with van der Waals surface area (Å²) in [6.45, 7) is 2.92. The molecule has 0 aliphatic rings. The van der Waals surface area contributed by atoms with Gasteiger partial charge >= 0.3 is 0 Å². The number of nitrogens with two attached hydrogens (primary N) is 1. The third kappa shape index (κ3) is 3.30. The first-order chi connectivity index (χ1) is 9.15. The molecule has 2 aromatic rings. The van der Waals surface area contributed by atoms with E-state index in [9.17, 15) is 0 Å². The normalized spacial score (nSPS) is 12.4. The Morgan fingerprint density at radius 2 is 2.11 bits per heavy atom. The van der Waals surface area contributed by atoms with E-state index in [0.717, 1.165) is 29.3 Å². The molecule has 1 atom stereocenters. The zero-order valence-electron chi connectivity index (χ0n) is 11.2. The van der Waals surface area contributed by atoms with Crippen molar-refractivity contribution in [2.75, 3.05) is 13.7 Å². The average Bonchev–Trinajstić information content (AvgIpc) is 2.88. The van der Waals surface area contributed by atoms with Crippen LogP contribution in [0.4, 0.5) is 0 Å². The zero-order valence-corrected chi connectivity index (χ0v) is 12.7. The van der Waals surface area contributed by atoms with Crippen LogP contribution in [0.5, 0.6) is 5.75 Å². The molecular formula is C15H18ClNOS. The summed E-state index contributed by atoms with van der Waals surface area (Å²) in [6, 6.07) is 9.99. The van der Waals surface area contributed by atoms with Crippen LogP contribution in [0.1, 0.15) is 24.1 Å². The zero-order chi connectivity index (χ0) is 13.8. The molecule has 1 aromatic heterocycles. The predicted octanol–water partition coefficient (Wildman–Crippen LogP) is 4.53. The van der Waals surface area contributed by atoms with Crippen molar-refractivity contribution in [1.82, 2.24) is 0 Å². The van der Waals surface area contributed by atoms with Crippen LogP contribution in [-0.2, 0) is 0 Å². The van der Waals surface area contributed by atoms with E-state index in [2.05, 4.69) is 19.1 Å². The first kappa shape index (κ1) is 14.4. The highest BCUT2D eigenvalue weighted by molar-refractivity contribution is 7.15. The lowest BCUT2D eigenvalue weighted by molar-refractivity contribution is 0.416. The van der Waals surface area contributed by atoms with Crippen molar-refractivity contribution in [2.45, 2.75) is 19.3 Å². The van der Waals surface area contributed by atoms with Gasteiger partial charge in [0.25, 0.3) is 0 Å². The molecule has 0 aliphatic heterocycles. The van der Waals surface area contributed by atoms with E-state index in [0.29, 0.717) is 5.92 Å². The number of hydrogen-bond acceptors (Lipinski definition) is 3. The summed E-state index contributed by atoms with van der Waals surface area (Å²) >= 11 is 7.85. The molecule has 0 amide bonds. The quantitative estimate of drug-likeness (QED) is 0.879. The molecule has 0 spiro atoms. The third-order valence-corrected chi connectivity index (χ3v) is 4.72. The maximum atomic E-state index is 6.08. The summed E-state index contributed by atoms with van der Waals surface area (Å²) in [5.41, 5.74) is 6.66. The maximum Gasteiger partial charge on any atom is 0.127 e. The van der Waals surface area contributed by atoms with E-state index in [1.54, 1.807) is 18.4 Å². The largest absolute Gasteiger partial charge is 0.496 e. The molecule has 0 aliphatic carbocycles. The van der Waals surface area contributed by atoms with Crippen molar-refractivity contribution >= 4 is 22.9 Å². The molecule has 0 fully saturated rings. The highest BCUT2D eigenvalue weighted by Gasteiger charge is 2.12. The number of rotatable bonds is 5. The van der Waals surface area contributed by atoms with Crippen molar-refractivity contribution in [3.8, 4) is 16.2 Å². The van der Waals surface area contributed by atoms with Gasteiger partial charge in [0.05, 0.1) is 7.11 Å². The van der Waals surface area contributed by atoms with Gasteiger partial charge in [0.15, 0.2) is 0 Å². The Morgan fingerprint density at radius 1 is 1.32 bits per heavy atom. The topological polar surface area (TPSA) is 35.2 Å². The second-order valence-corrected chi connectivity index (χ2v) is 6.08. The van der Waals surface area contributed by atoms with Crippen LogP contribution in [0, 0.1) is 0 Å². The van der Waals surface area contributed by atoms with Crippen LogP contribution in [-0.4, -0.2) is 13.7 Å². The Hall–Kier alpha value is -1.03. The second-order valence-electron chi connectivity index (χ2n) is 4.53. The van der Waals surface area contributed by atoms with Gasteiger partial charge in [-0.2, -0.15) is 0 Å². The Balaban J connectivity index is 2.34. The minimum atomic E-state index is 0.494. The third-order valence-electron chi connectivity index (χ3n) is 3.14. The van der Waals surface area contributed by atoms with E-state index in [1.807, 2.05) is 18.2 Å². The van der Waals surface area contributed by atoms with E-state index in [1.165, 1.54) is 9.75 Å². The summed E-state index contributed by atoms with van der Waals surface area (Å²) in [6.07, 6.45) is 1.01. The van der Waals surface area contributed by atoms with E-state index >= 15 is 0 Å². The summed E-state index contributed by atoms with van der Waals surface area (Å²) < 4.78 is 5.40. The summed E-state index contributed by atoms with van der Waals surface area (Å²) in [5.74, 6) is 1.35. The van der Waals surface area contributed by atoms with E-state index < -0.39 is 0 Å². The lowest BCUT2D eigenvalue weighted by Crippen LogP contribution is -2.03. The molecule has 2 N–H and O–H groups in total. The van der Waals surface area contributed by atoms with Gasteiger partial charge in [-0.05, 0) is 49.2 Å². The fourth-order valence-electron chi connectivity index (χ4n) is 2.03. The lowest BCUT2D eigenvalue weighted by atomic mass is 10.1. The second kappa shape index (κ2) is 6.42. The standard InChI is InChI=1S/C15H18ClNOS/c1-10(7-8-17)14-5-6-15(19-14)12-9-11(16)3-4-13(12)18-2/h3-6,9-10H,7-8,17H2,1-2H3. The van der Waals surface area contributed by atoms with Crippen molar-refractivity contribution < 1.29 is 4.74 Å². The van der Waals surface area contributed by atoms with Crippen LogP contribution in [0.3, 0.4) is 0 Å². The number of thiophene rings is 1. The fraction of sp³-hybridized carbons (Fsp3) is 0.333. The van der Waals surface area contributed by atoms with Crippen LogP contribution >= 0.6 is 22.9 Å².